The van der Waals surface area contributed by atoms with Crippen molar-refractivity contribution in [3.63, 3.8) is 0 Å². The average molecular weight is 394 g/mol. The van der Waals surface area contributed by atoms with Gasteiger partial charge in [-0.2, -0.15) is 0 Å². The second-order valence-electron chi connectivity index (χ2n) is 7.40. The first kappa shape index (κ1) is 20.2. The van der Waals surface area contributed by atoms with E-state index in [9.17, 15) is 4.57 Å². The Hall–Kier alpha value is -2.51. The summed E-state index contributed by atoms with van der Waals surface area (Å²) in [4.78, 5) is 0. The van der Waals surface area contributed by atoms with Gasteiger partial charge >= 0.3 is 7.60 Å². The zero-order valence-electron chi connectivity index (χ0n) is 16.8. The van der Waals surface area contributed by atoms with E-state index in [2.05, 4.69) is 27.7 Å². The maximum absolute atomic E-state index is 14.2. The fraction of sp³-hybridized carbons (Fsp3) is 0.250. The van der Waals surface area contributed by atoms with E-state index in [1.807, 2.05) is 66.7 Å². The molecule has 1 unspecified atom stereocenters. The SMILES string of the molecule is CC(C)c1ccccc1OP(=O)(Oc1ccccc1)c1ccccc1C(C)C. The fourth-order valence-corrected chi connectivity index (χ4v) is 5.11. The lowest BCUT2D eigenvalue weighted by molar-refractivity contribution is 0.396. The van der Waals surface area contributed by atoms with Crippen LogP contribution in [0.1, 0.15) is 50.7 Å². The molecule has 0 heterocycles. The van der Waals surface area contributed by atoms with E-state index >= 15 is 0 Å². The molecular formula is C24H27O3P. The Morgan fingerprint density at radius 2 is 1.18 bits per heavy atom. The largest absolute Gasteiger partial charge is 0.463 e. The zero-order chi connectivity index (χ0) is 20.1. The molecule has 0 radical (unpaired) electrons. The Balaban J connectivity index is 2.12. The first-order chi connectivity index (χ1) is 13.4. The lowest BCUT2D eigenvalue weighted by atomic mass is 10.0. The third-order valence-electron chi connectivity index (χ3n) is 4.58. The van der Waals surface area contributed by atoms with Crippen LogP contribution in [0, 0.1) is 0 Å². The molecule has 0 aliphatic carbocycles. The minimum Gasteiger partial charge on any atom is -0.413 e. The van der Waals surface area contributed by atoms with Crippen LogP contribution in [0.4, 0.5) is 0 Å². The number of rotatable bonds is 7. The molecule has 0 aliphatic heterocycles. The van der Waals surface area contributed by atoms with Gasteiger partial charge in [0.15, 0.2) is 0 Å². The van der Waals surface area contributed by atoms with Gasteiger partial charge < -0.3 is 9.05 Å². The van der Waals surface area contributed by atoms with E-state index < -0.39 is 7.60 Å². The van der Waals surface area contributed by atoms with Gasteiger partial charge in [0.1, 0.15) is 11.5 Å². The first-order valence-corrected chi connectivity index (χ1v) is 11.2. The second kappa shape index (κ2) is 8.67. The van der Waals surface area contributed by atoms with Crippen LogP contribution in [0.15, 0.2) is 78.9 Å². The Labute approximate surface area is 167 Å². The van der Waals surface area contributed by atoms with E-state index in [0.717, 1.165) is 11.1 Å². The van der Waals surface area contributed by atoms with Crippen molar-refractivity contribution in [1.82, 2.24) is 0 Å². The summed E-state index contributed by atoms with van der Waals surface area (Å²) in [5.41, 5.74) is 1.96. The highest BCUT2D eigenvalue weighted by Gasteiger charge is 2.35. The van der Waals surface area contributed by atoms with Crippen LogP contribution in [-0.4, -0.2) is 0 Å². The molecule has 3 aromatic rings. The molecule has 0 bridgehead atoms. The summed E-state index contributed by atoms with van der Waals surface area (Å²) in [5, 5.41) is 0.604. The van der Waals surface area contributed by atoms with Gasteiger partial charge in [0, 0.05) is 0 Å². The van der Waals surface area contributed by atoms with Gasteiger partial charge in [-0.15, -0.1) is 0 Å². The molecule has 28 heavy (non-hydrogen) atoms. The van der Waals surface area contributed by atoms with Crippen LogP contribution in [0.25, 0.3) is 0 Å². The number of benzene rings is 3. The number of hydrogen-bond acceptors (Lipinski definition) is 3. The minimum atomic E-state index is -3.67. The van der Waals surface area contributed by atoms with Gasteiger partial charge in [0.05, 0.1) is 5.30 Å². The van der Waals surface area contributed by atoms with Gasteiger partial charge in [-0.05, 0) is 47.2 Å². The minimum absolute atomic E-state index is 0.188. The highest BCUT2D eigenvalue weighted by atomic mass is 31.2. The van der Waals surface area contributed by atoms with Crippen LogP contribution in [0.2, 0.25) is 0 Å². The molecule has 0 saturated carbocycles. The summed E-state index contributed by atoms with van der Waals surface area (Å²) in [7, 11) is -3.67. The topological polar surface area (TPSA) is 35.5 Å². The molecule has 0 saturated heterocycles. The van der Waals surface area contributed by atoms with Gasteiger partial charge in [-0.25, -0.2) is 4.57 Å². The summed E-state index contributed by atoms with van der Waals surface area (Å²) < 4.78 is 26.5. The molecule has 0 N–H and O–H groups in total. The molecule has 3 nitrogen and oxygen atoms in total. The molecule has 146 valence electrons. The monoisotopic (exact) mass is 394 g/mol. The number of para-hydroxylation sites is 2. The van der Waals surface area contributed by atoms with Crippen molar-refractivity contribution in [3.8, 4) is 11.5 Å². The molecule has 1 atom stereocenters. The molecule has 0 spiro atoms. The quantitative estimate of drug-likeness (QED) is 0.409. The third kappa shape index (κ3) is 4.48. The summed E-state index contributed by atoms with van der Waals surface area (Å²) >= 11 is 0. The number of hydrogen-bond donors (Lipinski definition) is 0. The van der Waals surface area contributed by atoms with E-state index in [0.29, 0.717) is 16.8 Å². The average Bonchev–Trinajstić information content (AvgIpc) is 2.69. The van der Waals surface area contributed by atoms with Crippen LogP contribution in [0.5, 0.6) is 11.5 Å². The molecule has 0 aliphatic rings. The molecular weight excluding hydrogens is 367 g/mol. The lowest BCUT2D eigenvalue weighted by Crippen LogP contribution is -2.20. The first-order valence-electron chi connectivity index (χ1n) is 9.63. The molecule has 3 rings (SSSR count). The van der Waals surface area contributed by atoms with E-state index in [-0.39, 0.29) is 11.8 Å². The van der Waals surface area contributed by atoms with Crippen LogP contribution in [-0.2, 0) is 4.57 Å². The zero-order valence-corrected chi connectivity index (χ0v) is 17.7. The smallest absolute Gasteiger partial charge is 0.413 e. The Morgan fingerprint density at radius 1 is 0.643 bits per heavy atom. The Morgan fingerprint density at radius 3 is 1.82 bits per heavy atom. The van der Waals surface area contributed by atoms with Gasteiger partial charge in [-0.1, -0.05) is 82.3 Å². The molecule has 3 aromatic carbocycles. The standard InChI is InChI=1S/C24H27O3P/c1-18(2)21-14-8-10-16-23(21)27-28(25,26-20-12-6-5-7-13-20)24-17-11-9-15-22(24)19(3)4/h5-19H,1-4H3. The van der Waals surface area contributed by atoms with E-state index in [1.54, 1.807) is 12.1 Å². The highest BCUT2D eigenvalue weighted by molar-refractivity contribution is 7.63. The molecule has 0 fully saturated rings. The van der Waals surface area contributed by atoms with Crippen molar-refractivity contribution < 1.29 is 13.6 Å². The maximum Gasteiger partial charge on any atom is 0.463 e. The van der Waals surface area contributed by atoms with Gasteiger partial charge in [0.25, 0.3) is 0 Å². The molecule has 0 amide bonds. The predicted octanol–water partition coefficient (Wildman–Crippen LogP) is 6.91. The maximum atomic E-state index is 14.2. The van der Waals surface area contributed by atoms with Crippen LogP contribution < -0.4 is 14.4 Å². The van der Waals surface area contributed by atoms with Gasteiger partial charge in [0.2, 0.25) is 0 Å². The van der Waals surface area contributed by atoms with Crippen molar-refractivity contribution >= 4 is 12.9 Å². The molecule has 0 aromatic heterocycles. The van der Waals surface area contributed by atoms with Crippen molar-refractivity contribution in [2.24, 2.45) is 0 Å². The second-order valence-corrected chi connectivity index (χ2v) is 9.24. The summed E-state index contributed by atoms with van der Waals surface area (Å²) in [6.07, 6.45) is 0. The normalized spacial score (nSPS) is 13.4. The summed E-state index contributed by atoms with van der Waals surface area (Å²) in [5.74, 6) is 1.54. The fourth-order valence-electron chi connectivity index (χ4n) is 3.13. The Bertz CT molecular complexity index is 964. The van der Waals surface area contributed by atoms with Crippen molar-refractivity contribution in [1.29, 1.82) is 0 Å². The van der Waals surface area contributed by atoms with Crippen molar-refractivity contribution in [2.75, 3.05) is 0 Å². The van der Waals surface area contributed by atoms with Crippen molar-refractivity contribution in [2.45, 2.75) is 39.5 Å². The summed E-state index contributed by atoms with van der Waals surface area (Å²) in [6.45, 7) is 8.34. The predicted molar refractivity (Wildman–Crippen MR) is 116 cm³/mol. The molecule has 4 heteroatoms. The van der Waals surface area contributed by atoms with Gasteiger partial charge in [-0.3, -0.25) is 0 Å². The van der Waals surface area contributed by atoms with Crippen LogP contribution in [0.3, 0.4) is 0 Å². The summed E-state index contributed by atoms with van der Waals surface area (Å²) in [6, 6.07) is 24.6. The van der Waals surface area contributed by atoms with Crippen molar-refractivity contribution in [3.05, 3.63) is 90.0 Å². The lowest BCUT2D eigenvalue weighted by Gasteiger charge is -2.25. The highest BCUT2D eigenvalue weighted by Crippen LogP contribution is 2.50. The third-order valence-corrected chi connectivity index (χ3v) is 6.47. The Kier molecular flexibility index (Phi) is 6.26. The van der Waals surface area contributed by atoms with E-state index in [1.165, 1.54) is 0 Å². The van der Waals surface area contributed by atoms with E-state index in [4.69, 9.17) is 9.05 Å². The van der Waals surface area contributed by atoms with Crippen LogP contribution >= 0.6 is 7.60 Å².